The molecule has 0 heterocycles. The average molecular weight is 258 g/mol. The molecule has 19 heavy (non-hydrogen) atoms. The van der Waals surface area contributed by atoms with Crippen LogP contribution in [0.3, 0.4) is 0 Å². The standard InChI is InChI=1S/C15H18N2O2/c1-2-19-14(18)10-17-13-8-15(9-13,11-16)12-6-4-3-5-7-12/h3-7,13,17H,2,8-10H2,1H3. The van der Waals surface area contributed by atoms with E-state index in [0.717, 1.165) is 18.4 Å². The number of rotatable bonds is 5. The van der Waals surface area contributed by atoms with Crippen molar-refractivity contribution in [1.82, 2.24) is 5.32 Å². The zero-order valence-electron chi connectivity index (χ0n) is 11.1. The molecule has 0 bridgehead atoms. The average Bonchev–Trinajstić information content (AvgIpc) is 2.39. The Labute approximate surface area is 113 Å². The molecular formula is C15H18N2O2. The third kappa shape index (κ3) is 2.94. The van der Waals surface area contributed by atoms with Gasteiger partial charge in [0.05, 0.1) is 24.6 Å². The van der Waals surface area contributed by atoms with Crippen molar-refractivity contribution < 1.29 is 9.53 Å². The van der Waals surface area contributed by atoms with Crippen molar-refractivity contribution >= 4 is 5.97 Å². The van der Waals surface area contributed by atoms with E-state index in [1.165, 1.54) is 0 Å². The third-order valence-corrected chi connectivity index (χ3v) is 3.57. The minimum absolute atomic E-state index is 0.212. The Morgan fingerprint density at radius 3 is 2.74 bits per heavy atom. The Bertz CT molecular complexity index is 473. The topological polar surface area (TPSA) is 62.1 Å². The molecule has 1 aromatic carbocycles. The lowest BCUT2D eigenvalue weighted by Gasteiger charge is -2.43. The van der Waals surface area contributed by atoms with E-state index in [4.69, 9.17) is 4.74 Å². The molecule has 4 nitrogen and oxygen atoms in total. The zero-order chi connectivity index (χ0) is 13.7. The van der Waals surface area contributed by atoms with Gasteiger partial charge in [-0.05, 0) is 25.3 Å². The Hall–Kier alpha value is -1.86. The van der Waals surface area contributed by atoms with Crippen molar-refractivity contribution in [2.24, 2.45) is 0 Å². The van der Waals surface area contributed by atoms with Gasteiger partial charge in [-0.25, -0.2) is 0 Å². The summed E-state index contributed by atoms with van der Waals surface area (Å²) in [6.45, 7) is 2.41. The van der Waals surface area contributed by atoms with Crippen LogP contribution >= 0.6 is 0 Å². The monoisotopic (exact) mass is 258 g/mol. The van der Waals surface area contributed by atoms with Crippen LogP contribution < -0.4 is 5.32 Å². The molecule has 0 unspecified atom stereocenters. The van der Waals surface area contributed by atoms with Gasteiger partial charge in [0.2, 0.25) is 0 Å². The second-order valence-electron chi connectivity index (χ2n) is 4.85. The van der Waals surface area contributed by atoms with Gasteiger partial charge in [-0.1, -0.05) is 30.3 Å². The number of ether oxygens (including phenoxy) is 1. The number of hydrogen-bond acceptors (Lipinski definition) is 4. The van der Waals surface area contributed by atoms with E-state index >= 15 is 0 Å². The fourth-order valence-corrected chi connectivity index (χ4v) is 2.51. The number of nitriles is 1. The number of nitrogens with one attached hydrogen (secondary N) is 1. The highest BCUT2D eigenvalue weighted by molar-refractivity contribution is 5.71. The van der Waals surface area contributed by atoms with E-state index in [2.05, 4.69) is 11.4 Å². The minimum Gasteiger partial charge on any atom is -0.465 e. The van der Waals surface area contributed by atoms with E-state index in [0.29, 0.717) is 6.61 Å². The molecule has 1 aromatic rings. The highest BCUT2D eigenvalue weighted by Crippen LogP contribution is 2.43. The van der Waals surface area contributed by atoms with Crippen LogP contribution in [0, 0.1) is 11.3 Å². The lowest BCUT2D eigenvalue weighted by molar-refractivity contribution is -0.142. The minimum atomic E-state index is -0.395. The molecule has 2 rings (SSSR count). The molecule has 0 aliphatic heterocycles. The van der Waals surface area contributed by atoms with E-state index in [1.807, 2.05) is 30.3 Å². The van der Waals surface area contributed by atoms with Crippen LogP contribution in [0.1, 0.15) is 25.3 Å². The van der Waals surface area contributed by atoms with Gasteiger partial charge >= 0.3 is 5.97 Å². The van der Waals surface area contributed by atoms with E-state index in [9.17, 15) is 10.1 Å². The molecule has 1 aliphatic rings. The zero-order valence-corrected chi connectivity index (χ0v) is 11.1. The van der Waals surface area contributed by atoms with Crippen molar-refractivity contribution in [3.63, 3.8) is 0 Å². The molecule has 0 radical (unpaired) electrons. The second-order valence-corrected chi connectivity index (χ2v) is 4.85. The van der Waals surface area contributed by atoms with Gasteiger partial charge in [-0.3, -0.25) is 4.79 Å². The van der Waals surface area contributed by atoms with E-state index < -0.39 is 5.41 Å². The van der Waals surface area contributed by atoms with E-state index in [-0.39, 0.29) is 18.6 Å². The molecule has 1 fully saturated rings. The first kappa shape index (κ1) is 13.6. The first-order chi connectivity index (χ1) is 9.20. The van der Waals surface area contributed by atoms with Crippen molar-refractivity contribution in [2.75, 3.05) is 13.2 Å². The number of benzene rings is 1. The van der Waals surface area contributed by atoms with Crippen molar-refractivity contribution in [1.29, 1.82) is 5.26 Å². The molecule has 1 saturated carbocycles. The quantitative estimate of drug-likeness (QED) is 0.817. The lowest BCUT2D eigenvalue weighted by Crippen LogP contribution is -2.52. The van der Waals surface area contributed by atoms with Crippen LogP contribution in [0.25, 0.3) is 0 Å². The normalized spacial score (nSPS) is 25.2. The molecule has 1 aliphatic carbocycles. The highest BCUT2D eigenvalue weighted by atomic mass is 16.5. The van der Waals surface area contributed by atoms with Crippen molar-refractivity contribution in [3.8, 4) is 6.07 Å². The Kier molecular flexibility index (Phi) is 4.18. The van der Waals surface area contributed by atoms with Gasteiger partial charge in [0, 0.05) is 6.04 Å². The summed E-state index contributed by atoms with van der Waals surface area (Å²) in [6, 6.07) is 12.5. The number of carbonyl (C=O) groups is 1. The third-order valence-electron chi connectivity index (χ3n) is 3.57. The Balaban J connectivity index is 1.87. The first-order valence-electron chi connectivity index (χ1n) is 6.56. The van der Waals surface area contributed by atoms with Crippen LogP contribution in [0.15, 0.2) is 30.3 Å². The molecule has 0 amide bonds. The largest absolute Gasteiger partial charge is 0.465 e. The van der Waals surface area contributed by atoms with Gasteiger partial charge in [-0.15, -0.1) is 0 Å². The number of carbonyl (C=O) groups excluding carboxylic acids is 1. The summed E-state index contributed by atoms with van der Waals surface area (Å²) in [6.07, 6.45) is 1.49. The summed E-state index contributed by atoms with van der Waals surface area (Å²) in [5.74, 6) is -0.239. The van der Waals surface area contributed by atoms with Crippen LogP contribution in [-0.4, -0.2) is 25.2 Å². The molecule has 0 atom stereocenters. The van der Waals surface area contributed by atoms with E-state index in [1.54, 1.807) is 6.92 Å². The van der Waals surface area contributed by atoms with Crippen LogP contribution in [0.4, 0.5) is 0 Å². The van der Waals surface area contributed by atoms with Gasteiger partial charge in [0.1, 0.15) is 0 Å². The summed E-state index contributed by atoms with van der Waals surface area (Å²) in [5, 5.41) is 12.5. The molecule has 100 valence electrons. The fourth-order valence-electron chi connectivity index (χ4n) is 2.51. The van der Waals surface area contributed by atoms with Crippen LogP contribution in [0.2, 0.25) is 0 Å². The highest BCUT2D eigenvalue weighted by Gasteiger charge is 2.45. The van der Waals surface area contributed by atoms with Crippen molar-refractivity contribution in [2.45, 2.75) is 31.2 Å². The van der Waals surface area contributed by atoms with Gasteiger partial charge in [0.25, 0.3) is 0 Å². The molecule has 0 spiro atoms. The molecule has 0 saturated heterocycles. The Morgan fingerprint density at radius 1 is 1.47 bits per heavy atom. The maximum Gasteiger partial charge on any atom is 0.319 e. The number of nitrogens with zero attached hydrogens (tertiary/aromatic N) is 1. The fraction of sp³-hybridized carbons (Fsp3) is 0.467. The molecular weight excluding hydrogens is 240 g/mol. The predicted molar refractivity (Wildman–Crippen MR) is 71.4 cm³/mol. The number of hydrogen-bond donors (Lipinski definition) is 1. The summed E-state index contributed by atoms with van der Waals surface area (Å²) in [5.41, 5.74) is 0.666. The lowest BCUT2D eigenvalue weighted by atomic mass is 9.62. The van der Waals surface area contributed by atoms with Crippen LogP contribution in [-0.2, 0) is 14.9 Å². The first-order valence-corrected chi connectivity index (χ1v) is 6.56. The maximum absolute atomic E-state index is 11.2. The van der Waals surface area contributed by atoms with Gasteiger partial charge < -0.3 is 10.1 Å². The second kappa shape index (κ2) is 5.85. The van der Waals surface area contributed by atoms with Gasteiger partial charge in [-0.2, -0.15) is 5.26 Å². The summed E-state index contributed by atoms with van der Waals surface area (Å²) in [4.78, 5) is 11.2. The SMILES string of the molecule is CCOC(=O)CNC1CC(C#N)(c2ccccc2)C1. The smallest absolute Gasteiger partial charge is 0.319 e. The molecule has 4 heteroatoms. The predicted octanol–water partition coefficient (Wildman–Crippen LogP) is 1.76. The Morgan fingerprint density at radius 2 is 2.16 bits per heavy atom. The van der Waals surface area contributed by atoms with Crippen LogP contribution in [0.5, 0.6) is 0 Å². The molecule has 1 N–H and O–H groups in total. The summed E-state index contributed by atoms with van der Waals surface area (Å²) in [7, 11) is 0. The van der Waals surface area contributed by atoms with Crippen molar-refractivity contribution in [3.05, 3.63) is 35.9 Å². The molecule has 0 aromatic heterocycles. The summed E-state index contributed by atoms with van der Waals surface area (Å²) < 4.78 is 4.86. The summed E-state index contributed by atoms with van der Waals surface area (Å²) >= 11 is 0. The van der Waals surface area contributed by atoms with Gasteiger partial charge in [0.15, 0.2) is 0 Å². The maximum atomic E-state index is 11.2. The number of esters is 1.